The van der Waals surface area contributed by atoms with E-state index in [0.717, 1.165) is 5.52 Å². The summed E-state index contributed by atoms with van der Waals surface area (Å²) in [7, 11) is 1.34. The first-order valence-electron chi connectivity index (χ1n) is 4.36. The van der Waals surface area contributed by atoms with Crippen LogP contribution < -0.4 is 0 Å². The summed E-state index contributed by atoms with van der Waals surface area (Å²) in [4.78, 5) is 11.3. The number of nitrogens with zero attached hydrogens (tertiary/aromatic N) is 2. The van der Waals surface area contributed by atoms with Gasteiger partial charge in [-0.05, 0) is 24.3 Å². The van der Waals surface area contributed by atoms with E-state index in [1.54, 1.807) is 34.9 Å². The predicted octanol–water partition coefficient (Wildman–Crippen LogP) is 1.60. The maximum absolute atomic E-state index is 11.3. The number of methoxy groups -OCH3 is 1. The molecule has 0 spiro atoms. The Bertz CT molecular complexity index is 563. The highest BCUT2D eigenvalue weighted by Crippen LogP contribution is 2.12. The van der Waals surface area contributed by atoms with Gasteiger partial charge in [-0.3, -0.25) is 0 Å². The van der Waals surface area contributed by atoms with Crippen LogP contribution in [0.5, 0.6) is 0 Å². The van der Waals surface area contributed by atoms with E-state index < -0.39 is 0 Å². The number of pyridine rings is 1. The minimum Gasteiger partial charge on any atom is -0.464 e. The van der Waals surface area contributed by atoms with Gasteiger partial charge in [-0.2, -0.15) is 5.26 Å². The van der Waals surface area contributed by atoms with Crippen LogP contribution in [0.1, 0.15) is 16.1 Å². The number of esters is 1. The lowest BCUT2D eigenvalue weighted by Gasteiger charge is -2.00. The molecule has 2 aromatic rings. The van der Waals surface area contributed by atoms with Gasteiger partial charge in [-0.1, -0.05) is 0 Å². The summed E-state index contributed by atoms with van der Waals surface area (Å²) in [6.07, 6.45) is 1.68. The van der Waals surface area contributed by atoms with Crippen molar-refractivity contribution < 1.29 is 9.53 Å². The molecule has 0 saturated heterocycles. The Morgan fingerprint density at radius 3 is 2.93 bits per heavy atom. The number of fused-ring (bicyclic) bond motifs is 1. The second kappa shape index (κ2) is 3.46. The summed E-state index contributed by atoms with van der Waals surface area (Å²) in [5.41, 5.74) is 1.82. The molecule has 0 atom stereocenters. The highest BCUT2D eigenvalue weighted by atomic mass is 16.5. The van der Waals surface area contributed by atoms with Crippen molar-refractivity contribution in [3.05, 3.63) is 41.7 Å². The number of aromatic nitrogens is 1. The Hall–Kier alpha value is -2.28. The third-order valence-electron chi connectivity index (χ3n) is 2.18. The zero-order chi connectivity index (χ0) is 10.8. The summed E-state index contributed by atoms with van der Waals surface area (Å²) in [6.45, 7) is 0. The zero-order valence-corrected chi connectivity index (χ0v) is 8.10. The fraction of sp³-hybridized carbons (Fsp3) is 0.0909. The maximum atomic E-state index is 11.3. The number of nitriles is 1. The van der Waals surface area contributed by atoms with Crippen molar-refractivity contribution in [3.8, 4) is 6.07 Å². The molecule has 0 N–H and O–H groups in total. The van der Waals surface area contributed by atoms with E-state index in [1.807, 2.05) is 6.07 Å². The number of hydrogen-bond donors (Lipinski definition) is 0. The van der Waals surface area contributed by atoms with Crippen LogP contribution in [0, 0.1) is 11.3 Å². The fourth-order valence-corrected chi connectivity index (χ4v) is 1.45. The second-order valence-corrected chi connectivity index (χ2v) is 3.03. The predicted molar refractivity (Wildman–Crippen MR) is 53.5 cm³/mol. The third kappa shape index (κ3) is 1.44. The van der Waals surface area contributed by atoms with Gasteiger partial charge in [0.05, 0.1) is 18.7 Å². The molecule has 0 amide bonds. The Balaban J connectivity index is 2.63. The summed E-state index contributed by atoms with van der Waals surface area (Å²) in [5, 5.41) is 8.71. The van der Waals surface area contributed by atoms with Crippen LogP contribution in [0.3, 0.4) is 0 Å². The van der Waals surface area contributed by atoms with Gasteiger partial charge in [0.1, 0.15) is 5.69 Å². The molecule has 2 heterocycles. The summed E-state index contributed by atoms with van der Waals surface area (Å²) < 4.78 is 6.32. The van der Waals surface area contributed by atoms with Crippen LogP contribution in [0.2, 0.25) is 0 Å². The molecule has 4 nitrogen and oxygen atoms in total. The van der Waals surface area contributed by atoms with Crippen LogP contribution >= 0.6 is 0 Å². The van der Waals surface area contributed by atoms with E-state index in [4.69, 9.17) is 5.26 Å². The first kappa shape index (κ1) is 9.28. The van der Waals surface area contributed by atoms with Gasteiger partial charge < -0.3 is 9.14 Å². The van der Waals surface area contributed by atoms with Gasteiger partial charge in [0.15, 0.2) is 0 Å². The average molecular weight is 200 g/mol. The third-order valence-corrected chi connectivity index (χ3v) is 2.18. The van der Waals surface area contributed by atoms with Gasteiger partial charge in [0, 0.05) is 11.7 Å². The first-order valence-corrected chi connectivity index (χ1v) is 4.36. The standard InChI is InChI=1S/C11H8N2O2/c1-15-11(14)10-3-2-9-6-8(7-12)4-5-13(9)10/h2-6H,1H3. The van der Waals surface area contributed by atoms with Gasteiger partial charge >= 0.3 is 5.97 Å². The monoisotopic (exact) mass is 200 g/mol. The van der Waals surface area contributed by atoms with Crippen LogP contribution in [-0.4, -0.2) is 17.5 Å². The molecule has 0 aliphatic rings. The van der Waals surface area contributed by atoms with E-state index >= 15 is 0 Å². The topological polar surface area (TPSA) is 54.5 Å². The molecule has 0 aliphatic heterocycles. The van der Waals surface area contributed by atoms with Crippen molar-refractivity contribution in [3.63, 3.8) is 0 Å². The van der Waals surface area contributed by atoms with E-state index in [2.05, 4.69) is 4.74 Å². The second-order valence-electron chi connectivity index (χ2n) is 3.03. The van der Waals surface area contributed by atoms with Crippen LogP contribution in [0.15, 0.2) is 30.5 Å². The van der Waals surface area contributed by atoms with Gasteiger partial charge in [0.2, 0.25) is 0 Å². The largest absolute Gasteiger partial charge is 0.464 e. The summed E-state index contributed by atoms with van der Waals surface area (Å²) >= 11 is 0. The molecule has 0 unspecified atom stereocenters. The van der Waals surface area contributed by atoms with Gasteiger partial charge in [0.25, 0.3) is 0 Å². The number of carbonyl (C=O) groups is 1. The quantitative estimate of drug-likeness (QED) is 0.657. The Morgan fingerprint density at radius 1 is 1.47 bits per heavy atom. The highest BCUT2D eigenvalue weighted by molar-refractivity contribution is 5.89. The molecule has 0 fully saturated rings. The number of rotatable bonds is 1. The van der Waals surface area contributed by atoms with E-state index in [9.17, 15) is 4.79 Å². The summed E-state index contributed by atoms with van der Waals surface area (Å²) in [6, 6.07) is 8.85. The Labute approximate surface area is 86.3 Å². The van der Waals surface area contributed by atoms with Crippen molar-refractivity contribution in [1.82, 2.24) is 4.40 Å². The van der Waals surface area contributed by atoms with E-state index in [0.29, 0.717) is 11.3 Å². The van der Waals surface area contributed by atoms with Crippen molar-refractivity contribution in [2.75, 3.05) is 7.11 Å². The lowest BCUT2D eigenvalue weighted by Crippen LogP contribution is -2.04. The van der Waals surface area contributed by atoms with Gasteiger partial charge in [-0.25, -0.2) is 4.79 Å². The lowest BCUT2D eigenvalue weighted by atomic mass is 10.3. The molecule has 74 valence electrons. The molecule has 0 radical (unpaired) electrons. The molecule has 4 heteroatoms. The highest BCUT2D eigenvalue weighted by Gasteiger charge is 2.10. The van der Waals surface area contributed by atoms with Gasteiger partial charge in [-0.15, -0.1) is 0 Å². The first-order chi connectivity index (χ1) is 7.26. The van der Waals surface area contributed by atoms with Crippen LogP contribution in [0.4, 0.5) is 0 Å². The molecule has 15 heavy (non-hydrogen) atoms. The smallest absolute Gasteiger partial charge is 0.355 e. The fourth-order valence-electron chi connectivity index (χ4n) is 1.45. The van der Waals surface area contributed by atoms with Crippen molar-refractivity contribution in [2.24, 2.45) is 0 Å². The minimum absolute atomic E-state index is 0.389. The minimum atomic E-state index is -0.389. The van der Waals surface area contributed by atoms with Crippen LogP contribution in [-0.2, 0) is 4.74 Å². The van der Waals surface area contributed by atoms with Crippen molar-refractivity contribution >= 4 is 11.5 Å². The summed E-state index contributed by atoms with van der Waals surface area (Å²) in [5.74, 6) is -0.389. The molecule has 0 bridgehead atoms. The molecular weight excluding hydrogens is 192 g/mol. The Kier molecular flexibility index (Phi) is 2.14. The van der Waals surface area contributed by atoms with E-state index in [-0.39, 0.29) is 5.97 Å². The molecule has 0 aromatic carbocycles. The number of ether oxygens (including phenoxy) is 1. The normalized spacial score (nSPS) is 9.87. The number of carbonyl (C=O) groups excluding carboxylic acids is 1. The maximum Gasteiger partial charge on any atom is 0.355 e. The Morgan fingerprint density at radius 2 is 2.27 bits per heavy atom. The van der Waals surface area contributed by atoms with Crippen molar-refractivity contribution in [1.29, 1.82) is 5.26 Å². The molecule has 2 rings (SSSR count). The van der Waals surface area contributed by atoms with Crippen molar-refractivity contribution in [2.45, 2.75) is 0 Å². The average Bonchev–Trinajstić information content (AvgIpc) is 2.70. The zero-order valence-electron chi connectivity index (χ0n) is 8.10. The SMILES string of the molecule is COC(=O)c1ccc2cc(C#N)ccn12. The van der Waals surface area contributed by atoms with E-state index in [1.165, 1.54) is 7.11 Å². The molecule has 0 aliphatic carbocycles. The number of hydrogen-bond acceptors (Lipinski definition) is 3. The van der Waals surface area contributed by atoms with Crippen LogP contribution in [0.25, 0.3) is 5.52 Å². The molecule has 0 saturated carbocycles. The molecule has 2 aromatic heterocycles. The lowest BCUT2D eigenvalue weighted by molar-refractivity contribution is 0.0593. The molecular formula is C11H8N2O2.